The standard InChI is InChI=1S/C22H29N3O5/c26-19(24-22(29)23-18-9-5-2-6-10-18)15-30-21(28)17-13-20(27)25(14-17)12-11-16-7-3-1-4-8-16/h1,3-4,7-8,17-18H,2,5-6,9-15H2,(H2,23,24,26,29)/t17-/m0/s1. The average molecular weight is 415 g/mol. The minimum absolute atomic E-state index is 0.0808. The Balaban J connectivity index is 1.35. The molecule has 2 fully saturated rings. The summed E-state index contributed by atoms with van der Waals surface area (Å²) in [4.78, 5) is 49.8. The van der Waals surface area contributed by atoms with Gasteiger partial charge in [-0.05, 0) is 24.8 Å². The Labute approximate surface area is 176 Å². The van der Waals surface area contributed by atoms with Crippen molar-refractivity contribution in [3.63, 3.8) is 0 Å². The first-order chi connectivity index (χ1) is 14.5. The van der Waals surface area contributed by atoms with Gasteiger partial charge in [-0.15, -0.1) is 0 Å². The van der Waals surface area contributed by atoms with Crippen LogP contribution in [-0.2, 0) is 25.5 Å². The van der Waals surface area contributed by atoms with Crippen molar-refractivity contribution in [1.82, 2.24) is 15.5 Å². The van der Waals surface area contributed by atoms with Crippen LogP contribution in [0.5, 0.6) is 0 Å². The number of nitrogens with one attached hydrogen (secondary N) is 2. The Hall–Kier alpha value is -2.90. The van der Waals surface area contributed by atoms with E-state index in [2.05, 4.69) is 10.6 Å². The summed E-state index contributed by atoms with van der Waals surface area (Å²) < 4.78 is 5.03. The molecule has 0 unspecified atom stereocenters. The first-order valence-corrected chi connectivity index (χ1v) is 10.6. The summed E-state index contributed by atoms with van der Waals surface area (Å²) in [6.45, 7) is 0.286. The molecule has 1 aliphatic heterocycles. The van der Waals surface area contributed by atoms with Crippen molar-refractivity contribution in [2.45, 2.75) is 51.0 Å². The Morgan fingerprint density at radius 2 is 1.80 bits per heavy atom. The zero-order valence-electron chi connectivity index (χ0n) is 17.1. The van der Waals surface area contributed by atoms with Gasteiger partial charge in [0.05, 0.1) is 5.92 Å². The van der Waals surface area contributed by atoms with Crippen LogP contribution < -0.4 is 10.6 Å². The quantitative estimate of drug-likeness (QED) is 0.661. The predicted octanol–water partition coefficient (Wildman–Crippen LogP) is 1.78. The van der Waals surface area contributed by atoms with Crippen molar-refractivity contribution in [3.8, 4) is 0 Å². The summed E-state index contributed by atoms with van der Waals surface area (Å²) in [5.41, 5.74) is 1.12. The molecule has 3 rings (SSSR count). The average Bonchev–Trinajstić information content (AvgIpc) is 3.12. The van der Waals surface area contributed by atoms with Crippen LogP contribution in [-0.4, -0.2) is 54.5 Å². The molecule has 0 bridgehead atoms. The Morgan fingerprint density at radius 1 is 1.07 bits per heavy atom. The topological polar surface area (TPSA) is 105 Å². The number of urea groups is 1. The molecule has 1 heterocycles. The van der Waals surface area contributed by atoms with Crippen LogP contribution in [0.3, 0.4) is 0 Å². The Morgan fingerprint density at radius 3 is 2.53 bits per heavy atom. The van der Waals surface area contributed by atoms with Crippen molar-refractivity contribution in [3.05, 3.63) is 35.9 Å². The summed E-state index contributed by atoms with van der Waals surface area (Å²) in [6.07, 6.45) is 5.92. The smallest absolute Gasteiger partial charge is 0.321 e. The molecule has 1 aliphatic carbocycles. The first kappa shape index (κ1) is 21.8. The Kier molecular flexibility index (Phi) is 7.82. The molecule has 1 saturated heterocycles. The van der Waals surface area contributed by atoms with Gasteiger partial charge < -0.3 is 15.0 Å². The van der Waals surface area contributed by atoms with Gasteiger partial charge in [0.1, 0.15) is 0 Å². The molecule has 4 amide bonds. The summed E-state index contributed by atoms with van der Waals surface area (Å²) >= 11 is 0. The number of carbonyl (C=O) groups excluding carboxylic acids is 4. The summed E-state index contributed by atoms with van der Waals surface area (Å²) in [6, 6.07) is 9.34. The lowest BCUT2D eigenvalue weighted by Gasteiger charge is -2.22. The molecule has 1 saturated carbocycles. The van der Waals surface area contributed by atoms with Crippen LogP contribution in [0.25, 0.3) is 0 Å². The molecule has 0 spiro atoms. The molecular formula is C22H29N3O5. The lowest BCUT2D eigenvalue weighted by atomic mass is 9.96. The van der Waals surface area contributed by atoms with Gasteiger partial charge in [0.15, 0.2) is 6.61 Å². The van der Waals surface area contributed by atoms with E-state index in [1.54, 1.807) is 4.90 Å². The van der Waals surface area contributed by atoms with Crippen LogP contribution in [0.15, 0.2) is 30.3 Å². The first-order valence-electron chi connectivity index (χ1n) is 10.6. The second-order valence-corrected chi connectivity index (χ2v) is 7.94. The van der Waals surface area contributed by atoms with Gasteiger partial charge in [-0.25, -0.2) is 4.79 Å². The molecule has 30 heavy (non-hydrogen) atoms. The van der Waals surface area contributed by atoms with E-state index in [9.17, 15) is 19.2 Å². The van der Waals surface area contributed by atoms with Crippen LogP contribution >= 0.6 is 0 Å². The minimum atomic E-state index is -0.679. The number of rotatable bonds is 7. The highest BCUT2D eigenvalue weighted by Crippen LogP contribution is 2.20. The fourth-order valence-corrected chi connectivity index (χ4v) is 3.94. The second kappa shape index (κ2) is 10.8. The normalized spacial score (nSPS) is 19.4. The van der Waals surface area contributed by atoms with E-state index in [1.165, 1.54) is 6.42 Å². The van der Waals surface area contributed by atoms with Crippen LogP contribution in [0.2, 0.25) is 0 Å². The van der Waals surface area contributed by atoms with E-state index < -0.39 is 30.4 Å². The van der Waals surface area contributed by atoms with Crippen molar-refractivity contribution < 1.29 is 23.9 Å². The molecule has 0 aromatic heterocycles. The van der Waals surface area contributed by atoms with Gasteiger partial charge >= 0.3 is 12.0 Å². The molecule has 2 aliphatic rings. The molecule has 2 N–H and O–H groups in total. The van der Waals surface area contributed by atoms with Crippen LogP contribution in [0.4, 0.5) is 4.79 Å². The van der Waals surface area contributed by atoms with Gasteiger partial charge in [-0.1, -0.05) is 49.6 Å². The highest BCUT2D eigenvalue weighted by Gasteiger charge is 2.35. The highest BCUT2D eigenvalue weighted by molar-refractivity contribution is 5.96. The molecule has 8 heteroatoms. The van der Waals surface area contributed by atoms with Crippen molar-refractivity contribution in [2.75, 3.05) is 19.7 Å². The zero-order chi connectivity index (χ0) is 21.3. The fourth-order valence-electron chi connectivity index (χ4n) is 3.94. The van der Waals surface area contributed by atoms with Crippen LogP contribution in [0, 0.1) is 5.92 Å². The number of imide groups is 1. The molecule has 8 nitrogen and oxygen atoms in total. The van der Waals surface area contributed by atoms with Gasteiger partial charge in [0.25, 0.3) is 5.91 Å². The molecular weight excluding hydrogens is 386 g/mol. The fraction of sp³-hybridized carbons (Fsp3) is 0.545. The number of hydrogen-bond donors (Lipinski definition) is 2. The van der Waals surface area contributed by atoms with Crippen molar-refractivity contribution in [1.29, 1.82) is 0 Å². The number of likely N-dealkylation sites (tertiary alicyclic amines) is 1. The van der Waals surface area contributed by atoms with E-state index in [-0.39, 0.29) is 24.9 Å². The maximum atomic E-state index is 12.2. The third-order valence-corrected chi connectivity index (χ3v) is 5.60. The third kappa shape index (κ3) is 6.57. The van der Waals surface area contributed by atoms with Gasteiger partial charge in [-0.2, -0.15) is 0 Å². The van der Waals surface area contributed by atoms with E-state index in [4.69, 9.17) is 4.74 Å². The molecule has 1 aromatic carbocycles. The molecule has 1 atom stereocenters. The largest absolute Gasteiger partial charge is 0.455 e. The number of carbonyl (C=O) groups is 4. The lowest BCUT2D eigenvalue weighted by Crippen LogP contribution is -2.46. The summed E-state index contributed by atoms with van der Waals surface area (Å²) in [5, 5.41) is 4.95. The SMILES string of the molecule is O=C(COC(=O)[C@H]1CC(=O)N(CCc2ccccc2)C1)NC(=O)NC1CCCCC1. The predicted molar refractivity (Wildman–Crippen MR) is 109 cm³/mol. The number of amides is 4. The molecule has 0 radical (unpaired) electrons. The number of hydrogen-bond acceptors (Lipinski definition) is 5. The lowest BCUT2D eigenvalue weighted by molar-refractivity contribution is -0.152. The third-order valence-electron chi connectivity index (χ3n) is 5.60. The summed E-state index contributed by atoms with van der Waals surface area (Å²) in [5.74, 6) is -1.95. The number of esters is 1. The number of ether oxygens (including phenoxy) is 1. The number of nitrogens with zero attached hydrogens (tertiary/aromatic N) is 1. The highest BCUT2D eigenvalue weighted by atomic mass is 16.5. The van der Waals surface area contributed by atoms with E-state index >= 15 is 0 Å². The molecule has 1 aromatic rings. The van der Waals surface area contributed by atoms with E-state index in [0.29, 0.717) is 13.0 Å². The van der Waals surface area contributed by atoms with Gasteiger partial charge in [-0.3, -0.25) is 19.7 Å². The second-order valence-electron chi connectivity index (χ2n) is 7.94. The van der Waals surface area contributed by atoms with Crippen molar-refractivity contribution >= 4 is 23.8 Å². The molecule has 162 valence electrons. The van der Waals surface area contributed by atoms with Crippen LogP contribution in [0.1, 0.15) is 44.1 Å². The minimum Gasteiger partial charge on any atom is -0.455 e. The zero-order valence-corrected chi connectivity index (χ0v) is 17.1. The summed E-state index contributed by atoms with van der Waals surface area (Å²) in [7, 11) is 0. The maximum Gasteiger partial charge on any atom is 0.321 e. The van der Waals surface area contributed by atoms with E-state index in [0.717, 1.165) is 31.2 Å². The van der Waals surface area contributed by atoms with Gasteiger partial charge in [0.2, 0.25) is 5.91 Å². The monoisotopic (exact) mass is 415 g/mol. The Bertz CT molecular complexity index is 761. The maximum absolute atomic E-state index is 12.2. The number of benzene rings is 1. The van der Waals surface area contributed by atoms with E-state index in [1.807, 2.05) is 30.3 Å². The van der Waals surface area contributed by atoms with Gasteiger partial charge in [0, 0.05) is 25.6 Å². The van der Waals surface area contributed by atoms with Crippen molar-refractivity contribution in [2.24, 2.45) is 5.92 Å².